The van der Waals surface area contributed by atoms with E-state index in [-0.39, 0.29) is 23.9 Å². The van der Waals surface area contributed by atoms with Gasteiger partial charge >= 0.3 is 0 Å². The molecule has 0 radical (unpaired) electrons. The van der Waals surface area contributed by atoms with E-state index < -0.39 is 0 Å². The van der Waals surface area contributed by atoms with Crippen LogP contribution in [-0.4, -0.2) is 59.4 Å². The van der Waals surface area contributed by atoms with Crippen LogP contribution in [0.25, 0.3) is 16.9 Å². The number of pyridine rings is 1. The Morgan fingerprint density at radius 1 is 1.12 bits per heavy atom. The van der Waals surface area contributed by atoms with E-state index in [1.54, 1.807) is 23.3 Å². The lowest BCUT2D eigenvalue weighted by atomic mass is 9.90. The lowest BCUT2D eigenvalue weighted by molar-refractivity contribution is 0.0709. The molecule has 0 aliphatic carbocycles. The topological polar surface area (TPSA) is 98.9 Å². The largest absolute Gasteiger partial charge is 0.476 e. The van der Waals surface area contributed by atoms with Crippen molar-refractivity contribution in [3.63, 3.8) is 0 Å². The number of carbonyl (C=O) groups excluding carboxylic acids is 1. The molecule has 33 heavy (non-hydrogen) atoms. The van der Waals surface area contributed by atoms with E-state index in [0.717, 1.165) is 36.0 Å². The number of aromatic nitrogens is 6. The van der Waals surface area contributed by atoms with Crippen molar-refractivity contribution in [2.24, 2.45) is 5.92 Å². The highest BCUT2D eigenvalue weighted by Gasteiger charge is 2.49. The van der Waals surface area contributed by atoms with Gasteiger partial charge in [0, 0.05) is 23.7 Å². The van der Waals surface area contributed by atoms with E-state index in [0.29, 0.717) is 23.9 Å². The number of aryl methyl sites for hydroxylation is 1. The van der Waals surface area contributed by atoms with E-state index in [1.807, 2.05) is 48.2 Å². The second-order valence-electron chi connectivity index (χ2n) is 8.69. The molecule has 0 spiro atoms. The van der Waals surface area contributed by atoms with Gasteiger partial charge in [-0.15, -0.1) is 5.10 Å². The average molecular weight is 441 g/mol. The number of hydrogen-bond donors (Lipinski definition) is 0. The van der Waals surface area contributed by atoms with Gasteiger partial charge in [-0.3, -0.25) is 4.79 Å². The Morgan fingerprint density at radius 3 is 2.85 bits per heavy atom. The highest BCUT2D eigenvalue weighted by Crippen LogP contribution is 2.43. The fourth-order valence-corrected chi connectivity index (χ4v) is 5.16. The normalized spacial score (nSPS) is 21.6. The standard InChI is InChI=1S/C24H23N7O2/c1-15-6-8-18(23(27-15)30-11-10-26-29-30)24(32)31-17-7-9-21(31)16(12-17)14-33-22-13-25-19-4-2-3-5-20(19)28-22/h2-6,8,10-11,13,16-17,21H,7,9,12,14H2,1H3. The second-order valence-corrected chi connectivity index (χ2v) is 8.69. The molecular formula is C24H23N7O2. The van der Waals surface area contributed by atoms with Crippen LogP contribution in [0, 0.1) is 12.8 Å². The molecule has 2 aliphatic heterocycles. The van der Waals surface area contributed by atoms with Crippen molar-refractivity contribution in [2.45, 2.75) is 38.3 Å². The van der Waals surface area contributed by atoms with Crippen LogP contribution < -0.4 is 4.74 Å². The molecule has 5 heterocycles. The van der Waals surface area contributed by atoms with Crippen LogP contribution in [0.1, 0.15) is 35.3 Å². The number of nitrogens with zero attached hydrogens (tertiary/aromatic N) is 7. The summed E-state index contributed by atoms with van der Waals surface area (Å²) < 4.78 is 7.59. The van der Waals surface area contributed by atoms with Crippen molar-refractivity contribution in [2.75, 3.05) is 6.61 Å². The molecule has 1 aromatic carbocycles. The van der Waals surface area contributed by atoms with E-state index in [4.69, 9.17) is 4.74 Å². The van der Waals surface area contributed by atoms with Crippen molar-refractivity contribution >= 4 is 16.9 Å². The van der Waals surface area contributed by atoms with Gasteiger partial charge in [-0.2, -0.15) is 0 Å². The van der Waals surface area contributed by atoms with E-state index >= 15 is 0 Å². The predicted molar refractivity (Wildman–Crippen MR) is 120 cm³/mol. The molecule has 2 fully saturated rings. The maximum Gasteiger partial charge on any atom is 0.258 e. The molecule has 3 atom stereocenters. The molecule has 2 aliphatic rings. The van der Waals surface area contributed by atoms with Gasteiger partial charge in [0.05, 0.1) is 41.8 Å². The minimum absolute atomic E-state index is 0.00602. The average Bonchev–Trinajstić information content (AvgIpc) is 3.59. The molecule has 166 valence electrons. The Kier molecular flexibility index (Phi) is 4.74. The maximum atomic E-state index is 13.7. The Bertz CT molecular complexity index is 1320. The number of rotatable bonds is 5. The van der Waals surface area contributed by atoms with Crippen LogP contribution in [-0.2, 0) is 0 Å². The van der Waals surface area contributed by atoms with Crippen molar-refractivity contribution < 1.29 is 9.53 Å². The Hall–Kier alpha value is -3.88. The minimum Gasteiger partial charge on any atom is -0.476 e. The molecule has 6 rings (SSSR count). The van der Waals surface area contributed by atoms with Gasteiger partial charge in [0.25, 0.3) is 5.91 Å². The van der Waals surface area contributed by atoms with E-state index in [9.17, 15) is 4.79 Å². The zero-order valence-corrected chi connectivity index (χ0v) is 18.2. The van der Waals surface area contributed by atoms with Gasteiger partial charge < -0.3 is 9.64 Å². The molecule has 2 saturated heterocycles. The summed E-state index contributed by atoms with van der Waals surface area (Å²) in [5.74, 6) is 1.29. The molecular weight excluding hydrogens is 418 g/mol. The van der Waals surface area contributed by atoms with Gasteiger partial charge in [-0.05, 0) is 50.5 Å². The lowest BCUT2D eigenvalue weighted by Gasteiger charge is -2.25. The smallest absolute Gasteiger partial charge is 0.258 e. The SMILES string of the molecule is Cc1ccc(C(=O)N2C3CCC2C(COc2cnc4ccccc4n2)C3)c(-n2ccnn2)n1. The number of hydrogen-bond acceptors (Lipinski definition) is 7. The third kappa shape index (κ3) is 3.49. The summed E-state index contributed by atoms with van der Waals surface area (Å²) in [6, 6.07) is 11.8. The Morgan fingerprint density at radius 2 is 2.00 bits per heavy atom. The summed E-state index contributed by atoms with van der Waals surface area (Å²) in [5.41, 5.74) is 3.03. The molecule has 3 aromatic heterocycles. The number of amides is 1. The fourth-order valence-electron chi connectivity index (χ4n) is 5.16. The first-order valence-electron chi connectivity index (χ1n) is 11.2. The quantitative estimate of drug-likeness (QED) is 0.469. The monoisotopic (exact) mass is 441 g/mol. The van der Waals surface area contributed by atoms with Crippen molar-refractivity contribution in [1.82, 2.24) is 34.8 Å². The summed E-state index contributed by atoms with van der Waals surface area (Å²) in [6.07, 6.45) is 7.88. The van der Waals surface area contributed by atoms with Crippen LogP contribution >= 0.6 is 0 Å². The number of benzene rings is 1. The maximum absolute atomic E-state index is 13.7. The summed E-state index contributed by atoms with van der Waals surface area (Å²) in [5, 5.41) is 7.92. The van der Waals surface area contributed by atoms with Crippen LogP contribution in [0.3, 0.4) is 0 Å². The zero-order valence-electron chi connectivity index (χ0n) is 18.2. The van der Waals surface area contributed by atoms with Gasteiger partial charge in [-0.25, -0.2) is 19.6 Å². The molecule has 0 N–H and O–H groups in total. The second kappa shape index (κ2) is 7.91. The first-order chi connectivity index (χ1) is 16.2. The summed E-state index contributed by atoms with van der Waals surface area (Å²) in [7, 11) is 0. The van der Waals surface area contributed by atoms with E-state index in [2.05, 4.69) is 25.3 Å². The third-order valence-electron chi connectivity index (χ3n) is 6.66. The number of fused-ring (bicyclic) bond motifs is 3. The zero-order chi connectivity index (χ0) is 22.4. The van der Waals surface area contributed by atoms with Crippen LogP contribution in [0.5, 0.6) is 5.88 Å². The Labute approximate surface area is 190 Å². The van der Waals surface area contributed by atoms with Crippen LogP contribution in [0.4, 0.5) is 0 Å². The van der Waals surface area contributed by atoms with E-state index in [1.165, 1.54) is 0 Å². The molecule has 3 unspecified atom stereocenters. The molecule has 9 heteroatoms. The van der Waals surface area contributed by atoms with Gasteiger partial charge in [-0.1, -0.05) is 17.3 Å². The fraction of sp³-hybridized carbons (Fsp3) is 0.333. The van der Waals surface area contributed by atoms with Gasteiger partial charge in [0.15, 0.2) is 5.82 Å². The van der Waals surface area contributed by atoms with Gasteiger partial charge in [0.1, 0.15) is 0 Å². The highest BCUT2D eigenvalue weighted by atomic mass is 16.5. The molecule has 1 amide bonds. The molecule has 0 saturated carbocycles. The predicted octanol–water partition coefficient (Wildman–Crippen LogP) is 2.99. The first kappa shape index (κ1) is 19.8. The molecule has 9 nitrogen and oxygen atoms in total. The lowest BCUT2D eigenvalue weighted by Crippen LogP contribution is -2.38. The van der Waals surface area contributed by atoms with Gasteiger partial charge in [0.2, 0.25) is 5.88 Å². The van der Waals surface area contributed by atoms with Crippen LogP contribution in [0.2, 0.25) is 0 Å². The number of para-hydroxylation sites is 2. The van der Waals surface area contributed by atoms with Crippen LogP contribution in [0.15, 0.2) is 55.0 Å². The third-order valence-corrected chi connectivity index (χ3v) is 6.66. The van der Waals surface area contributed by atoms with Crippen molar-refractivity contribution in [3.05, 3.63) is 66.2 Å². The van der Waals surface area contributed by atoms with Crippen molar-refractivity contribution in [1.29, 1.82) is 0 Å². The molecule has 4 aromatic rings. The first-order valence-corrected chi connectivity index (χ1v) is 11.2. The number of carbonyl (C=O) groups is 1. The highest BCUT2D eigenvalue weighted by molar-refractivity contribution is 5.98. The number of ether oxygens (including phenoxy) is 1. The van der Waals surface area contributed by atoms with Crippen molar-refractivity contribution in [3.8, 4) is 11.7 Å². The summed E-state index contributed by atoms with van der Waals surface area (Å²) >= 11 is 0. The molecule has 2 bridgehead atoms. The minimum atomic E-state index is -0.00602. The summed E-state index contributed by atoms with van der Waals surface area (Å²) in [4.78, 5) is 29.3. The Balaban J connectivity index is 1.21. The summed E-state index contributed by atoms with van der Waals surface area (Å²) in [6.45, 7) is 2.41.